The third-order valence-electron chi connectivity index (χ3n) is 4.71. The minimum absolute atomic E-state index is 0.0270. The molecule has 0 aromatic heterocycles. The zero-order valence-corrected chi connectivity index (χ0v) is 8.08. The molecular weight excluding hydrogens is 162 g/mol. The van der Waals surface area contributed by atoms with Crippen LogP contribution < -0.4 is 5.73 Å². The van der Waals surface area contributed by atoms with Gasteiger partial charge < -0.3 is 10.8 Å². The molecule has 3 atom stereocenters. The number of hydrogen-bond donors (Lipinski definition) is 2. The van der Waals surface area contributed by atoms with E-state index in [2.05, 4.69) is 0 Å². The Bertz CT molecular complexity index is 222. The van der Waals surface area contributed by atoms with E-state index >= 15 is 0 Å². The van der Waals surface area contributed by atoms with Crippen molar-refractivity contribution in [2.24, 2.45) is 23.5 Å². The summed E-state index contributed by atoms with van der Waals surface area (Å²) in [5.41, 5.74) is 6.35. The van der Waals surface area contributed by atoms with Gasteiger partial charge in [-0.3, -0.25) is 0 Å². The molecule has 2 nitrogen and oxygen atoms in total. The molecule has 0 amide bonds. The third kappa shape index (κ3) is 1.08. The molecule has 0 aromatic rings. The zero-order chi connectivity index (χ0) is 9.05. The summed E-state index contributed by atoms with van der Waals surface area (Å²) < 4.78 is 0. The minimum Gasteiger partial charge on any atom is -0.393 e. The standard InChI is InChI=1S/C11H19NO/c12-11(5-9(13)6-11)10-4-7-1-2-8(10)3-7/h7-10,13H,1-6,12H2. The highest BCUT2D eigenvalue weighted by Crippen LogP contribution is 2.55. The summed E-state index contributed by atoms with van der Waals surface area (Å²) in [5.74, 6) is 2.63. The maximum absolute atomic E-state index is 9.33. The van der Waals surface area contributed by atoms with E-state index in [1.807, 2.05) is 0 Å². The summed E-state index contributed by atoms with van der Waals surface area (Å²) in [4.78, 5) is 0. The first kappa shape index (κ1) is 8.25. The SMILES string of the molecule is NC1(C2CC3CCC2C3)CC(O)C1. The van der Waals surface area contributed by atoms with E-state index in [-0.39, 0.29) is 11.6 Å². The molecule has 0 aromatic carbocycles. The maximum atomic E-state index is 9.33. The largest absolute Gasteiger partial charge is 0.393 e. The lowest BCUT2D eigenvalue weighted by Gasteiger charge is -2.49. The molecule has 3 unspecified atom stereocenters. The lowest BCUT2D eigenvalue weighted by Crippen LogP contribution is -2.60. The quantitative estimate of drug-likeness (QED) is 0.640. The number of nitrogens with two attached hydrogens (primary N) is 1. The van der Waals surface area contributed by atoms with Gasteiger partial charge in [-0.05, 0) is 49.9 Å². The molecule has 3 rings (SSSR count). The molecular formula is C11H19NO. The molecule has 13 heavy (non-hydrogen) atoms. The fraction of sp³-hybridized carbons (Fsp3) is 1.00. The average Bonchev–Trinajstić information content (AvgIpc) is 2.60. The van der Waals surface area contributed by atoms with Crippen LogP contribution in [0.3, 0.4) is 0 Å². The highest BCUT2D eigenvalue weighted by Gasteiger charge is 2.53. The van der Waals surface area contributed by atoms with Crippen LogP contribution in [0.1, 0.15) is 38.5 Å². The van der Waals surface area contributed by atoms with Crippen LogP contribution in [0.25, 0.3) is 0 Å². The number of fused-ring (bicyclic) bond motifs is 2. The van der Waals surface area contributed by atoms with Gasteiger partial charge in [0.25, 0.3) is 0 Å². The second-order valence-electron chi connectivity index (χ2n) is 5.58. The molecule has 3 fully saturated rings. The van der Waals surface area contributed by atoms with E-state index in [1.54, 1.807) is 0 Å². The molecule has 3 aliphatic rings. The van der Waals surface area contributed by atoms with E-state index in [9.17, 15) is 5.11 Å². The monoisotopic (exact) mass is 181 g/mol. The predicted octanol–water partition coefficient (Wildman–Crippen LogP) is 1.27. The Morgan fingerprint density at radius 3 is 2.38 bits per heavy atom. The van der Waals surface area contributed by atoms with Crippen molar-refractivity contribution in [2.75, 3.05) is 0 Å². The first-order chi connectivity index (χ1) is 6.17. The molecule has 3 aliphatic carbocycles. The topological polar surface area (TPSA) is 46.2 Å². The van der Waals surface area contributed by atoms with Crippen molar-refractivity contribution in [3.8, 4) is 0 Å². The molecule has 0 saturated heterocycles. The van der Waals surface area contributed by atoms with Crippen molar-refractivity contribution in [2.45, 2.75) is 50.2 Å². The Morgan fingerprint density at radius 2 is 1.92 bits per heavy atom. The molecule has 2 heteroatoms. The summed E-state index contributed by atoms with van der Waals surface area (Å²) in [5, 5.41) is 9.33. The van der Waals surface area contributed by atoms with Gasteiger partial charge in [-0.2, -0.15) is 0 Å². The van der Waals surface area contributed by atoms with Crippen LogP contribution >= 0.6 is 0 Å². The van der Waals surface area contributed by atoms with E-state index < -0.39 is 0 Å². The van der Waals surface area contributed by atoms with Gasteiger partial charge in [-0.1, -0.05) is 6.42 Å². The second kappa shape index (κ2) is 2.48. The molecule has 74 valence electrons. The van der Waals surface area contributed by atoms with Gasteiger partial charge in [-0.15, -0.1) is 0 Å². The molecule has 3 saturated carbocycles. The van der Waals surface area contributed by atoms with Gasteiger partial charge in [0.1, 0.15) is 0 Å². The fourth-order valence-electron chi connectivity index (χ4n) is 4.07. The van der Waals surface area contributed by atoms with Gasteiger partial charge in [0.2, 0.25) is 0 Å². The first-order valence-corrected chi connectivity index (χ1v) is 5.64. The molecule has 3 N–H and O–H groups in total. The Balaban J connectivity index is 1.73. The zero-order valence-electron chi connectivity index (χ0n) is 8.08. The van der Waals surface area contributed by atoms with Crippen LogP contribution in [0.4, 0.5) is 0 Å². The maximum Gasteiger partial charge on any atom is 0.0575 e. The van der Waals surface area contributed by atoms with Crippen molar-refractivity contribution in [1.82, 2.24) is 0 Å². The summed E-state index contributed by atoms with van der Waals surface area (Å²) in [6, 6.07) is 0. The van der Waals surface area contributed by atoms with Crippen LogP contribution in [-0.2, 0) is 0 Å². The van der Waals surface area contributed by atoms with Crippen molar-refractivity contribution in [3.05, 3.63) is 0 Å². The van der Waals surface area contributed by atoms with Crippen LogP contribution in [0, 0.1) is 17.8 Å². The van der Waals surface area contributed by atoms with E-state index in [4.69, 9.17) is 5.73 Å². The van der Waals surface area contributed by atoms with Crippen LogP contribution in [0.5, 0.6) is 0 Å². The van der Waals surface area contributed by atoms with Gasteiger partial charge in [-0.25, -0.2) is 0 Å². The second-order valence-corrected chi connectivity index (χ2v) is 5.58. The summed E-state index contributed by atoms with van der Waals surface area (Å²) in [7, 11) is 0. The number of rotatable bonds is 1. The van der Waals surface area contributed by atoms with E-state index in [0.29, 0.717) is 0 Å². The summed E-state index contributed by atoms with van der Waals surface area (Å²) in [6.45, 7) is 0. The summed E-state index contributed by atoms with van der Waals surface area (Å²) >= 11 is 0. The van der Waals surface area contributed by atoms with Crippen LogP contribution in [0.2, 0.25) is 0 Å². The van der Waals surface area contributed by atoms with E-state index in [1.165, 1.54) is 25.7 Å². The smallest absolute Gasteiger partial charge is 0.0575 e. The number of hydrogen-bond acceptors (Lipinski definition) is 2. The Kier molecular flexibility index (Phi) is 1.58. The van der Waals surface area contributed by atoms with Crippen molar-refractivity contribution in [3.63, 3.8) is 0 Å². The molecule has 0 heterocycles. The lowest BCUT2D eigenvalue weighted by atomic mass is 9.62. The van der Waals surface area contributed by atoms with Crippen molar-refractivity contribution < 1.29 is 5.11 Å². The van der Waals surface area contributed by atoms with Gasteiger partial charge >= 0.3 is 0 Å². The van der Waals surface area contributed by atoms with Crippen LogP contribution in [-0.4, -0.2) is 16.7 Å². The third-order valence-corrected chi connectivity index (χ3v) is 4.71. The van der Waals surface area contributed by atoms with Gasteiger partial charge in [0.05, 0.1) is 6.10 Å². The minimum atomic E-state index is -0.0934. The van der Waals surface area contributed by atoms with Gasteiger partial charge in [0.15, 0.2) is 0 Å². The number of aliphatic hydroxyl groups is 1. The molecule has 0 spiro atoms. The predicted molar refractivity (Wildman–Crippen MR) is 51.1 cm³/mol. The lowest BCUT2D eigenvalue weighted by molar-refractivity contribution is -0.0226. The first-order valence-electron chi connectivity index (χ1n) is 5.64. The number of aliphatic hydroxyl groups excluding tert-OH is 1. The molecule has 0 aliphatic heterocycles. The molecule has 0 radical (unpaired) electrons. The highest BCUT2D eigenvalue weighted by atomic mass is 16.3. The highest BCUT2D eigenvalue weighted by molar-refractivity contribution is 5.09. The molecule has 2 bridgehead atoms. The van der Waals surface area contributed by atoms with Crippen molar-refractivity contribution in [1.29, 1.82) is 0 Å². The summed E-state index contributed by atoms with van der Waals surface area (Å²) in [6.07, 6.45) is 7.27. The fourth-order valence-corrected chi connectivity index (χ4v) is 4.07. The Hall–Kier alpha value is -0.0800. The van der Waals surface area contributed by atoms with Crippen molar-refractivity contribution >= 4 is 0 Å². The Labute approximate surface area is 79.5 Å². The van der Waals surface area contributed by atoms with E-state index in [0.717, 1.165) is 30.6 Å². The van der Waals surface area contributed by atoms with Gasteiger partial charge in [0, 0.05) is 5.54 Å². The average molecular weight is 181 g/mol. The van der Waals surface area contributed by atoms with Crippen LogP contribution in [0.15, 0.2) is 0 Å². The Morgan fingerprint density at radius 1 is 1.15 bits per heavy atom. The normalized spacial score (nSPS) is 59.5.